The third kappa shape index (κ3) is 0.969. The quantitative estimate of drug-likeness (QED) is 0.685. The van der Waals surface area contributed by atoms with Crippen molar-refractivity contribution in [3.8, 4) is 0 Å². The smallest absolute Gasteiger partial charge is 0.0107 e. The normalized spacial score (nSPS) is 35.9. The van der Waals surface area contributed by atoms with Crippen molar-refractivity contribution < 1.29 is 0 Å². The molecule has 68 valence electrons. The highest BCUT2D eigenvalue weighted by Gasteiger charge is 2.50. The van der Waals surface area contributed by atoms with E-state index in [9.17, 15) is 0 Å². The first kappa shape index (κ1) is 7.57. The van der Waals surface area contributed by atoms with Crippen LogP contribution in [0.25, 0.3) is 0 Å². The van der Waals surface area contributed by atoms with E-state index in [0.717, 1.165) is 6.04 Å². The Morgan fingerprint density at radius 1 is 1.23 bits per heavy atom. The Bertz CT molecular complexity index is 314. The monoisotopic (exact) mass is 173 g/mol. The van der Waals surface area contributed by atoms with E-state index in [4.69, 9.17) is 0 Å². The number of aryl methyl sites for hydroxylation is 1. The van der Waals surface area contributed by atoms with E-state index in [0.29, 0.717) is 5.41 Å². The van der Waals surface area contributed by atoms with Crippen LogP contribution in [0, 0.1) is 6.92 Å². The third-order valence-electron chi connectivity index (χ3n) is 3.67. The van der Waals surface area contributed by atoms with Gasteiger partial charge in [0.2, 0.25) is 0 Å². The molecule has 0 spiro atoms. The topological polar surface area (TPSA) is 12.0 Å². The fourth-order valence-corrected chi connectivity index (χ4v) is 2.76. The lowest BCUT2D eigenvalue weighted by Gasteiger charge is -2.37. The lowest BCUT2D eigenvalue weighted by molar-refractivity contribution is 0.304. The van der Waals surface area contributed by atoms with E-state index in [1.807, 2.05) is 0 Å². The van der Waals surface area contributed by atoms with Crippen LogP contribution in [-0.2, 0) is 5.41 Å². The van der Waals surface area contributed by atoms with Crippen LogP contribution in [-0.4, -0.2) is 12.6 Å². The standard InChI is InChI=1S/C12H15N/c1-9-2-4-10(5-3-9)12-6-11(7-12)13-8-12/h2-5,11,13H,6-8H2,1H3. The van der Waals surface area contributed by atoms with Gasteiger partial charge >= 0.3 is 0 Å². The second-order valence-electron chi connectivity index (χ2n) is 4.63. The second kappa shape index (κ2) is 2.36. The van der Waals surface area contributed by atoms with Crippen LogP contribution in [0.2, 0.25) is 0 Å². The molecule has 1 saturated carbocycles. The van der Waals surface area contributed by atoms with Crippen molar-refractivity contribution in [2.24, 2.45) is 0 Å². The van der Waals surface area contributed by atoms with E-state index >= 15 is 0 Å². The Kier molecular flexibility index (Phi) is 1.37. The minimum atomic E-state index is 0.512. The maximum Gasteiger partial charge on any atom is 0.0107 e. The van der Waals surface area contributed by atoms with Gasteiger partial charge < -0.3 is 5.32 Å². The summed E-state index contributed by atoms with van der Waals surface area (Å²) in [6, 6.07) is 9.89. The highest BCUT2D eigenvalue weighted by Crippen LogP contribution is 2.48. The zero-order valence-electron chi connectivity index (χ0n) is 8.01. The first-order chi connectivity index (χ1) is 6.28. The SMILES string of the molecule is Cc1ccc(C23CNC(C2)C3)cc1. The van der Waals surface area contributed by atoms with Crippen LogP contribution >= 0.6 is 0 Å². The van der Waals surface area contributed by atoms with Gasteiger partial charge in [0.15, 0.2) is 0 Å². The maximum atomic E-state index is 3.55. The maximum absolute atomic E-state index is 3.55. The highest BCUT2D eigenvalue weighted by molar-refractivity contribution is 5.35. The molecular weight excluding hydrogens is 158 g/mol. The van der Waals surface area contributed by atoms with Gasteiger partial charge in [-0.05, 0) is 25.3 Å². The largest absolute Gasteiger partial charge is 0.313 e. The molecule has 0 aromatic heterocycles. The van der Waals surface area contributed by atoms with Gasteiger partial charge in [-0.3, -0.25) is 0 Å². The summed E-state index contributed by atoms with van der Waals surface area (Å²) < 4.78 is 0. The Morgan fingerprint density at radius 3 is 2.46 bits per heavy atom. The molecule has 13 heavy (non-hydrogen) atoms. The van der Waals surface area contributed by atoms with Crippen molar-refractivity contribution in [2.45, 2.75) is 31.2 Å². The average Bonchev–Trinajstić information content (AvgIpc) is 2.63. The number of rotatable bonds is 1. The van der Waals surface area contributed by atoms with Gasteiger partial charge in [0, 0.05) is 18.0 Å². The number of hydrogen-bond acceptors (Lipinski definition) is 1. The van der Waals surface area contributed by atoms with Gasteiger partial charge in [-0.2, -0.15) is 0 Å². The molecule has 1 heteroatoms. The number of fused-ring (bicyclic) bond motifs is 1. The zero-order valence-corrected chi connectivity index (χ0v) is 8.01. The van der Waals surface area contributed by atoms with Crippen molar-refractivity contribution in [3.05, 3.63) is 35.4 Å². The van der Waals surface area contributed by atoms with Crippen LogP contribution in [0.1, 0.15) is 24.0 Å². The summed E-state index contributed by atoms with van der Waals surface area (Å²) in [7, 11) is 0. The molecule has 2 saturated heterocycles. The van der Waals surface area contributed by atoms with Crippen LogP contribution in [0.3, 0.4) is 0 Å². The zero-order chi connectivity index (χ0) is 8.89. The minimum Gasteiger partial charge on any atom is -0.313 e. The highest BCUT2D eigenvalue weighted by atomic mass is 15.0. The first-order valence-corrected chi connectivity index (χ1v) is 5.09. The first-order valence-electron chi connectivity index (χ1n) is 5.09. The summed E-state index contributed by atoms with van der Waals surface area (Å²) in [5, 5.41) is 3.55. The van der Waals surface area contributed by atoms with Gasteiger partial charge in [0.05, 0.1) is 0 Å². The van der Waals surface area contributed by atoms with Gasteiger partial charge in [0.25, 0.3) is 0 Å². The molecule has 2 heterocycles. The molecule has 1 nitrogen and oxygen atoms in total. The van der Waals surface area contributed by atoms with E-state index in [1.54, 1.807) is 5.56 Å². The number of benzene rings is 1. The Hall–Kier alpha value is -0.820. The second-order valence-corrected chi connectivity index (χ2v) is 4.63. The molecule has 1 aromatic carbocycles. The van der Waals surface area contributed by atoms with Crippen LogP contribution < -0.4 is 5.32 Å². The van der Waals surface area contributed by atoms with Crippen LogP contribution in [0.15, 0.2) is 24.3 Å². The fraction of sp³-hybridized carbons (Fsp3) is 0.500. The van der Waals surface area contributed by atoms with Crippen molar-refractivity contribution in [2.75, 3.05) is 6.54 Å². The summed E-state index contributed by atoms with van der Waals surface area (Å²) in [6.07, 6.45) is 2.71. The predicted octanol–water partition coefficient (Wildman–Crippen LogP) is 2.00. The van der Waals surface area contributed by atoms with Gasteiger partial charge in [0.1, 0.15) is 0 Å². The van der Waals surface area contributed by atoms with Crippen molar-refractivity contribution >= 4 is 0 Å². The lowest BCUT2D eigenvalue weighted by atomic mass is 9.66. The van der Waals surface area contributed by atoms with E-state index in [2.05, 4.69) is 36.5 Å². The molecule has 1 aromatic rings. The third-order valence-corrected chi connectivity index (χ3v) is 3.67. The van der Waals surface area contributed by atoms with Gasteiger partial charge in [-0.1, -0.05) is 29.8 Å². The van der Waals surface area contributed by atoms with Crippen LogP contribution in [0.5, 0.6) is 0 Å². The molecule has 2 bridgehead atoms. The molecule has 3 fully saturated rings. The summed E-state index contributed by atoms with van der Waals surface area (Å²) in [5.74, 6) is 0. The van der Waals surface area contributed by atoms with Crippen molar-refractivity contribution in [1.29, 1.82) is 0 Å². The summed E-state index contributed by atoms with van der Waals surface area (Å²) in [5.41, 5.74) is 3.42. The van der Waals surface area contributed by atoms with Gasteiger partial charge in [-0.25, -0.2) is 0 Å². The minimum absolute atomic E-state index is 0.512. The molecule has 1 aliphatic carbocycles. The molecule has 4 rings (SSSR count). The molecule has 2 aliphatic heterocycles. The Balaban J connectivity index is 1.96. The predicted molar refractivity (Wildman–Crippen MR) is 53.9 cm³/mol. The average molecular weight is 173 g/mol. The molecule has 0 atom stereocenters. The molecule has 0 unspecified atom stereocenters. The Morgan fingerprint density at radius 2 is 1.92 bits per heavy atom. The number of hydrogen-bond donors (Lipinski definition) is 1. The Labute approximate surface area is 79.2 Å². The molecule has 3 aliphatic rings. The van der Waals surface area contributed by atoms with Crippen LogP contribution in [0.4, 0.5) is 0 Å². The van der Waals surface area contributed by atoms with Gasteiger partial charge in [-0.15, -0.1) is 0 Å². The summed E-state index contributed by atoms with van der Waals surface area (Å²) >= 11 is 0. The molecule has 1 N–H and O–H groups in total. The fourth-order valence-electron chi connectivity index (χ4n) is 2.76. The van der Waals surface area contributed by atoms with Crippen molar-refractivity contribution in [1.82, 2.24) is 5.32 Å². The van der Waals surface area contributed by atoms with E-state index < -0.39 is 0 Å². The van der Waals surface area contributed by atoms with E-state index in [1.165, 1.54) is 24.9 Å². The number of nitrogens with one attached hydrogen (secondary N) is 1. The molecule has 0 amide bonds. The summed E-state index contributed by atoms with van der Waals surface area (Å²) in [4.78, 5) is 0. The lowest BCUT2D eigenvalue weighted by Crippen LogP contribution is -2.37. The van der Waals surface area contributed by atoms with Crippen molar-refractivity contribution in [3.63, 3.8) is 0 Å². The molecule has 0 radical (unpaired) electrons. The summed E-state index contributed by atoms with van der Waals surface area (Å²) in [6.45, 7) is 3.35. The molecular formula is C12H15N. The van der Waals surface area contributed by atoms with E-state index in [-0.39, 0.29) is 0 Å².